The summed E-state index contributed by atoms with van der Waals surface area (Å²) >= 11 is 0. The van der Waals surface area contributed by atoms with Crippen LogP contribution >= 0.6 is 0 Å². The number of piperazine rings is 1. The molecule has 0 aliphatic carbocycles. The van der Waals surface area contributed by atoms with Crippen molar-refractivity contribution in [2.45, 2.75) is 13.5 Å². The molecule has 2 aromatic carbocycles. The Morgan fingerprint density at radius 1 is 1.12 bits per heavy atom. The van der Waals surface area contributed by atoms with E-state index >= 15 is 0 Å². The number of halogens is 1. The highest BCUT2D eigenvalue weighted by molar-refractivity contribution is 5.70. The van der Waals surface area contributed by atoms with Crippen LogP contribution in [0, 0.1) is 15.9 Å². The van der Waals surface area contributed by atoms with Gasteiger partial charge >= 0.3 is 0 Å². The molecular formula is C24H28FN5O3. The van der Waals surface area contributed by atoms with Gasteiger partial charge in [-0.05, 0) is 36.9 Å². The van der Waals surface area contributed by atoms with Gasteiger partial charge in [-0.3, -0.25) is 19.9 Å². The fraction of sp³-hybridized carbons (Fsp3) is 0.375. The van der Waals surface area contributed by atoms with Crippen LogP contribution in [0.1, 0.15) is 12.7 Å². The molecule has 0 unspecified atom stereocenters. The molecule has 2 heterocycles. The summed E-state index contributed by atoms with van der Waals surface area (Å²) in [5.41, 5.74) is 2.01. The van der Waals surface area contributed by atoms with Gasteiger partial charge < -0.3 is 9.42 Å². The van der Waals surface area contributed by atoms with E-state index in [0.717, 1.165) is 51.5 Å². The zero-order valence-corrected chi connectivity index (χ0v) is 18.7. The molecule has 0 saturated carbocycles. The van der Waals surface area contributed by atoms with Crippen LogP contribution in [0.2, 0.25) is 0 Å². The van der Waals surface area contributed by atoms with Gasteiger partial charge in [0.25, 0.3) is 5.69 Å². The van der Waals surface area contributed by atoms with Crippen molar-refractivity contribution in [3.05, 3.63) is 76.3 Å². The van der Waals surface area contributed by atoms with E-state index in [9.17, 15) is 14.5 Å². The average molecular weight is 454 g/mol. The first kappa shape index (κ1) is 22.9. The lowest BCUT2D eigenvalue weighted by molar-refractivity contribution is -0.384. The molecule has 1 aliphatic heterocycles. The Morgan fingerprint density at radius 2 is 1.85 bits per heavy atom. The van der Waals surface area contributed by atoms with E-state index in [1.165, 1.54) is 18.2 Å². The maximum Gasteiger partial charge on any atom is 0.278 e. The van der Waals surface area contributed by atoms with E-state index in [0.29, 0.717) is 23.6 Å². The lowest BCUT2D eigenvalue weighted by Gasteiger charge is -2.36. The highest BCUT2D eigenvalue weighted by Gasteiger charge is 2.20. The third-order valence-electron chi connectivity index (χ3n) is 6.06. The van der Waals surface area contributed by atoms with Crippen molar-refractivity contribution in [2.75, 3.05) is 50.7 Å². The fourth-order valence-corrected chi connectivity index (χ4v) is 4.10. The second kappa shape index (κ2) is 10.5. The molecule has 33 heavy (non-hydrogen) atoms. The van der Waals surface area contributed by atoms with Gasteiger partial charge in [-0.1, -0.05) is 24.2 Å². The van der Waals surface area contributed by atoms with Gasteiger partial charge in [-0.2, -0.15) is 0 Å². The topological polar surface area (TPSA) is 78.9 Å². The third-order valence-corrected chi connectivity index (χ3v) is 6.06. The molecule has 0 bridgehead atoms. The summed E-state index contributed by atoms with van der Waals surface area (Å²) in [6.07, 6.45) is 0. The Balaban J connectivity index is 1.28. The molecule has 0 spiro atoms. The van der Waals surface area contributed by atoms with Crippen molar-refractivity contribution in [1.82, 2.24) is 15.0 Å². The summed E-state index contributed by atoms with van der Waals surface area (Å²) in [5.74, 6) is 0.476. The molecule has 4 rings (SSSR count). The molecule has 1 saturated heterocycles. The lowest BCUT2D eigenvalue weighted by Crippen LogP contribution is -2.48. The second-order valence-corrected chi connectivity index (χ2v) is 8.13. The van der Waals surface area contributed by atoms with Crippen LogP contribution in [-0.2, 0) is 6.54 Å². The monoisotopic (exact) mass is 453 g/mol. The van der Waals surface area contributed by atoms with Gasteiger partial charge in [-0.15, -0.1) is 0 Å². The Morgan fingerprint density at radius 3 is 2.55 bits per heavy atom. The number of para-hydroxylation sites is 1. The summed E-state index contributed by atoms with van der Waals surface area (Å²) in [7, 11) is 0. The molecule has 0 amide bonds. The molecule has 174 valence electrons. The summed E-state index contributed by atoms with van der Waals surface area (Å²) in [6, 6.07) is 15.0. The van der Waals surface area contributed by atoms with Crippen molar-refractivity contribution in [2.24, 2.45) is 0 Å². The van der Waals surface area contributed by atoms with E-state index in [1.807, 2.05) is 12.1 Å². The number of rotatable bonds is 9. The summed E-state index contributed by atoms with van der Waals surface area (Å²) in [5, 5.41) is 15.4. The third kappa shape index (κ3) is 5.74. The number of hydrogen-bond acceptors (Lipinski definition) is 7. The summed E-state index contributed by atoms with van der Waals surface area (Å²) in [4.78, 5) is 17.9. The number of likely N-dealkylation sites (N-methyl/N-ethyl adjacent to an activating group) is 1. The largest absolute Gasteiger partial charge is 0.369 e. The maximum atomic E-state index is 13.2. The van der Waals surface area contributed by atoms with Crippen LogP contribution in [0.3, 0.4) is 0 Å². The lowest BCUT2D eigenvalue weighted by atomic mass is 10.1. The predicted octanol–water partition coefficient (Wildman–Crippen LogP) is 4.03. The minimum atomic E-state index is -0.405. The molecular weight excluding hydrogens is 425 g/mol. The van der Waals surface area contributed by atoms with E-state index in [4.69, 9.17) is 4.52 Å². The van der Waals surface area contributed by atoms with Crippen molar-refractivity contribution >= 4 is 11.4 Å². The normalized spacial score (nSPS) is 14.7. The molecule has 0 radical (unpaired) electrons. The van der Waals surface area contributed by atoms with Gasteiger partial charge in [-0.25, -0.2) is 4.39 Å². The van der Waals surface area contributed by atoms with Gasteiger partial charge in [0.1, 0.15) is 11.5 Å². The van der Waals surface area contributed by atoms with Crippen molar-refractivity contribution in [3.8, 4) is 11.3 Å². The second-order valence-electron chi connectivity index (χ2n) is 8.13. The number of nitro groups is 1. The van der Waals surface area contributed by atoms with Crippen molar-refractivity contribution in [3.63, 3.8) is 0 Å². The Bertz CT molecular complexity index is 1060. The molecule has 0 atom stereocenters. The average Bonchev–Trinajstić information content (AvgIpc) is 3.31. The van der Waals surface area contributed by atoms with Crippen LogP contribution in [0.25, 0.3) is 11.3 Å². The van der Waals surface area contributed by atoms with E-state index in [2.05, 4.69) is 26.8 Å². The molecule has 3 aromatic rings. The van der Waals surface area contributed by atoms with Crippen LogP contribution in [0.4, 0.5) is 15.8 Å². The van der Waals surface area contributed by atoms with E-state index in [-0.39, 0.29) is 11.5 Å². The zero-order valence-electron chi connectivity index (χ0n) is 18.7. The summed E-state index contributed by atoms with van der Waals surface area (Å²) < 4.78 is 18.6. The zero-order chi connectivity index (χ0) is 23.2. The van der Waals surface area contributed by atoms with Gasteiger partial charge in [0.15, 0.2) is 5.76 Å². The minimum absolute atomic E-state index is 0.0180. The van der Waals surface area contributed by atoms with Gasteiger partial charge in [0, 0.05) is 57.1 Å². The first-order valence-corrected chi connectivity index (χ1v) is 11.2. The van der Waals surface area contributed by atoms with Gasteiger partial charge in [0.2, 0.25) is 0 Å². The number of benzene rings is 2. The van der Waals surface area contributed by atoms with E-state index < -0.39 is 4.92 Å². The fourth-order valence-electron chi connectivity index (χ4n) is 4.10. The molecule has 8 nitrogen and oxygen atoms in total. The molecule has 9 heteroatoms. The predicted molar refractivity (Wildman–Crippen MR) is 125 cm³/mol. The molecule has 0 N–H and O–H groups in total. The SMILES string of the molecule is CCN(CCN1CCN(c2ccc(F)cc2)CC1)Cc1cc(-c2ccccc2[N+](=O)[O-])no1. The quantitative estimate of drug-likeness (QED) is 0.357. The molecule has 1 aromatic heterocycles. The van der Waals surface area contributed by atoms with Crippen LogP contribution in [0.15, 0.2) is 59.1 Å². The van der Waals surface area contributed by atoms with Crippen LogP contribution in [-0.4, -0.2) is 65.7 Å². The Hall–Kier alpha value is -3.30. The highest BCUT2D eigenvalue weighted by Crippen LogP contribution is 2.29. The number of nitro benzene ring substituents is 1. The Labute approximate surface area is 192 Å². The molecule has 1 fully saturated rings. The summed E-state index contributed by atoms with van der Waals surface area (Å²) in [6.45, 7) is 9.13. The van der Waals surface area contributed by atoms with Crippen LogP contribution < -0.4 is 4.90 Å². The van der Waals surface area contributed by atoms with Crippen LogP contribution in [0.5, 0.6) is 0 Å². The first-order valence-electron chi connectivity index (χ1n) is 11.2. The standard InChI is InChI=1S/C24H28FN5O3/c1-2-27(11-12-28-13-15-29(16-14-28)20-9-7-19(25)8-10-20)18-21-17-23(26-33-21)22-5-3-4-6-24(22)30(31)32/h3-10,17H,2,11-16,18H2,1H3. The number of hydrogen-bond donors (Lipinski definition) is 0. The number of nitrogens with zero attached hydrogens (tertiary/aromatic N) is 5. The highest BCUT2D eigenvalue weighted by atomic mass is 19.1. The smallest absolute Gasteiger partial charge is 0.278 e. The minimum Gasteiger partial charge on any atom is -0.369 e. The number of anilines is 1. The molecule has 1 aliphatic rings. The number of aromatic nitrogens is 1. The van der Waals surface area contributed by atoms with Gasteiger partial charge in [0.05, 0.1) is 17.0 Å². The maximum absolute atomic E-state index is 13.2. The first-order chi connectivity index (χ1) is 16.0. The Kier molecular flexibility index (Phi) is 7.31. The van der Waals surface area contributed by atoms with Crippen molar-refractivity contribution < 1.29 is 13.8 Å². The van der Waals surface area contributed by atoms with E-state index in [1.54, 1.807) is 24.3 Å². The van der Waals surface area contributed by atoms with Crippen molar-refractivity contribution in [1.29, 1.82) is 0 Å².